The Labute approximate surface area is 203 Å². The van der Waals surface area contributed by atoms with Crippen LogP contribution in [0.1, 0.15) is 51.4 Å². The van der Waals surface area contributed by atoms with Crippen molar-refractivity contribution in [2.24, 2.45) is 0 Å². The van der Waals surface area contributed by atoms with Crippen LogP contribution in [-0.4, -0.2) is 27.9 Å². The molecule has 7 nitrogen and oxygen atoms in total. The average molecular weight is 467 g/mol. The minimum absolute atomic E-state index is 0.0802. The van der Waals surface area contributed by atoms with Crippen LogP contribution in [0.15, 0.2) is 71.5 Å². The van der Waals surface area contributed by atoms with Gasteiger partial charge in [0.15, 0.2) is 0 Å². The molecular weight excluding hydrogens is 440 g/mol. The molecule has 0 radical (unpaired) electrons. The van der Waals surface area contributed by atoms with E-state index in [1.165, 1.54) is 12.5 Å². The molecule has 0 bridgehead atoms. The van der Waals surface area contributed by atoms with E-state index in [9.17, 15) is 9.59 Å². The lowest BCUT2D eigenvalue weighted by atomic mass is 10.1. The van der Waals surface area contributed by atoms with Gasteiger partial charge in [-0.05, 0) is 55.5 Å². The highest BCUT2D eigenvalue weighted by atomic mass is 16.3. The normalized spacial score (nSPS) is 14.8. The van der Waals surface area contributed by atoms with Crippen LogP contribution in [0.5, 0.6) is 0 Å². The lowest BCUT2D eigenvalue weighted by Crippen LogP contribution is -2.28. The number of hydrogen-bond acceptors (Lipinski definition) is 4. The molecule has 7 heteroatoms. The fraction of sp³-hybridized carbons (Fsp3) is 0.250. The second kappa shape index (κ2) is 8.91. The first kappa shape index (κ1) is 21.4. The van der Waals surface area contributed by atoms with E-state index >= 15 is 0 Å². The lowest BCUT2D eigenvalue weighted by Gasteiger charge is -2.16. The van der Waals surface area contributed by atoms with Gasteiger partial charge in [-0.1, -0.05) is 36.8 Å². The maximum Gasteiger partial charge on any atom is 0.276 e. The molecule has 2 amide bonds. The molecule has 1 N–H and O–H groups in total. The second-order valence-corrected chi connectivity index (χ2v) is 9.08. The average Bonchev–Trinajstić information content (AvgIpc) is 3.60. The standard InChI is InChI=1S/C28H26N4O3/c33-27(25-24-9-5-2-6-14-31(24)26(30-25)19-7-3-1-4-8-19)29-22-10-11-23-20(17-22)12-15-32(23)28(34)21-13-16-35-18-21/h1,3-4,7-8,10-11,13,16-18H,2,5-6,9,12,14-15H2,(H,29,33). The summed E-state index contributed by atoms with van der Waals surface area (Å²) in [6.07, 6.45) is 7.84. The van der Waals surface area contributed by atoms with Crippen molar-refractivity contribution in [2.75, 3.05) is 16.8 Å². The van der Waals surface area contributed by atoms with Crippen molar-refractivity contribution in [3.05, 3.63) is 89.6 Å². The third kappa shape index (κ3) is 3.93. The van der Waals surface area contributed by atoms with Crippen LogP contribution >= 0.6 is 0 Å². The number of furan rings is 1. The number of amides is 2. The smallest absolute Gasteiger partial charge is 0.276 e. The molecule has 0 atom stereocenters. The van der Waals surface area contributed by atoms with Crippen LogP contribution in [0.2, 0.25) is 0 Å². The number of anilines is 2. The van der Waals surface area contributed by atoms with Gasteiger partial charge in [-0.25, -0.2) is 4.98 Å². The maximum atomic E-state index is 13.4. The number of nitrogens with zero attached hydrogens (tertiary/aromatic N) is 3. The highest BCUT2D eigenvalue weighted by Gasteiger charge is 2.28. The summed E-state index contributed by atoms with van der Waals surface area (Å²) in [6, 6.07) is 17.5. The molecule has 35 heavy (non-hydrogen) atoms. The van der Waals surface area contributed by atoms with Gasteiger partial charge in [-0.2, -0.15) is 0 Å². The molecule has 0 spiro atoms. The van der Waals surface area contributed by atoms with Gasteiger partial charge in [-0.3, -0.25) is 9.59 Å². The third-order valence-corrected chi connectivity index (χ3v) is 6.86. The molecule has 2 aliphatic rings. The predicted octanol–water partition coefficient (Wildman–Crippen LogP) is 5.32. The summed E-state index contributed by atoms with van der Waals surface area (Å²) in [4.78, 5) is 32.8. The number of carbonyl (C=O) groups excluding carboxylic acids is 2. The molecule has 0 unspecified atom stereocenters. The Morgan fingerprint density at radius 2 is 1.83 bits per heavy atom. The lowest BCUT2D eigenvalue weighted by molar-refractivity contribution is 0.0986. The molecule has 6 rings (SSSR count). The largest absolute Gasteiger partial charge is 0.472 e. The second-order valence-electron chi connectivity index (χ2n) is 9.08. The van der Waals surface area contributed by atoms with Gasteiger partial charge in [0.2, 0.25) is 0 Å². The predicted molar refractivity (Wildman–Crippen MR) is 134 cm³/mol. The Kier molecular flexibility index (Phi) is 5.45. The van der Waals surface area contributed by atoms with Gasteiger partial charge in [0.05, 0.1) is 17.5 Å². The first-order chi connectivity index (χ1) is 17.2. The number of fused-ring (bicyclic) bond motifs is 2. The first-order valence-corrected chi connectivity index (χ1v) is 12.1. The Morgan fingerprint density at radius 3 is 2.66 bits per heavy atom. The first-order valence-electron chi connectivity index (χ1n) is 12.1. The van der Waals surface area contributed by atoms with Crippen molar-refractivity contribution in [2.45, 2.75) is 38.6 Å². The van der Waals surface area contributed by atoms with Crippen molar-refractivity contribution in [1.82, 2.24) is 9.55 Å². The number of imidazole rings is 1. The molecular formula is C28H26N4O3. The summed E-state index contributed by atoms with van der Waals surface area (Å²) in [5.74, 6) is 0.584. The van der Waals surface area contributed by atoms with E-state index in [-0.39, 0.29) is 11.8 Å². The summed E-state index contributed by atoms with van der Waals surface area (Å²) in [5.41, 5.74) is 5.69. The van der Waals surface area contributed by atoms with E-state index in [0.717, 1.165) is 67.0 Å². The zero-order valence-electron chi connectivity index (χ0n) is 19.4. The fourth-order valence-electron chi connectivity index (χ4n) is 5.13. The molecule has 0 saturated carbocycles. The van der Waals surface area contributed by atoms with Crippen molar-refractivity contribution >= 4 is 23.2 Å². The number of hydrogen-bond donors (Lipinski definition) is 1. The van der Waals surface area contributed by atoms with E-state index in [2.05, 4.69) is 9.88 Å². The Morgan fingerprint density at radius 1 is 0.943 bits per heavy atom. The van der Waals surface area contributed by atoms with Gasteiger partial charge in [0, 0.05) is 30.0 Å². The quantitative estimate of drug-likeness (QED) is 0.441. The van der Waals surface area contributed by atoms with Crippen molar-refractivity contribution in [1.29, 1.82) is 0 Å². The van der Waals surface area contributed by atoms with Crippen LogP contribution in [0.4, 0.5) is 11.4 Å². The van der Waals surface area contributed by atoms with Crippen LogP contribution < -0.4 is 10.2 Å². The summed E-state index contributed by atoms with van der Waals surface area (Å²) in [5, 5.41) is 3.06. The minimum Gasteiger partial charge on any atom is -0.472 e. The van der Waals surface area contributed by atoms with Crippen molar-refractivity contribution in [3.8, 4) is 11.4 Å². The Bertz CT molecular complexity index is 1390. The summed E-state index contributed by atoms with van der Waals surface area (Å²) in [6.45, 7) is 1.48. The fourth-order valence-corrected chi connectivity index (χ4v) is 5.13. The van der Waals surface area contributed by atoms with Gasteiger partial charge in [0.1, 0.15) is 17.8 Å². The van der Waals surface area contributed by atoms with E-state index in [1.54, 1.807) is 11.0 Å². The maximum absolute atomic E-state index is 13.4. The van der Waals surface area contributed by atoms with Crippen LogP contribution in [0, 0.1) is 0 Å². The Balaban J connectivity index is 1.27. The highest BCUT2D eigenvalue weighted by molar-refractivity contribution is 6.08. The number of nitrogens with one attached hydrogen (secondary N) is 1. The molecule has 0 aliphatic carbocycles. The molecule has 4 aromatic rings. The molecule has 0 saturated heterocycles. The Hall–Kier alpha value is -4.13. The van der Waals surface area contributed by atoms with Gasteiger partial charge >= 0.3 is 0 Å². The monoisotopic (exact) mass is 466 g/mol. The topological polar surface area (TPSA) is 80.4 Å². The van der Waals surface area contributed by atoms with Gasteiger partial charge in [0.25, 0.3) is 11.8 Å². The summed E-state index contributed by atoms with van der Waals surface area (Å²) in [7, 11) is 0. The zero-order valence-corrected chi connectivity index (χ0v) is 19.4. The molecule has 2 aliphatic heterocycles. The molecule has 4 heterocycles. The van der Waals surface area contributed by atoms with Crippen LogP contribution in [0.25, 0.3) is 11.4 Å². The SMILES string of the molecule is O=C(Nc1ccc2c(c1)CCN2C(=O)c1ccoc1)c1nc(-c2ccccc2)n2c1CCCCC2. The number of carbonyl (C=O) groups is 2. The van der Waals surface area contributed by atoms with Crippen molar-refractivity contribution in [3.63, 3.8) is 0 Å². The van der Waals surface area contributed by atoms with Crippen LogP contribution in [-0.2, 0) is 19.4 Å². The molecule has 2 aromatic carbocycles. The molecule has 176 valence electrons. The van der Waals surface area contributed by atoms with E-state index in [4.69, 9.17) is 9.40 Å². The molecule has 0 fully saturated rings. The number of benzene rings is 2. The van der Waals surface area contributed by atoms with Gasteiger partial charge in [-0.15, -0.1) is 0 Å². The molecule has 2 aromatic heterocycles. The highest BCUT2D eigenvalue weighted by Crippen LogP contribution is 2.32. The number of rotatable bonds is 4. The van der Waals surface area contributed by atoms with E-state index in [0.29, 0.717) is 23.5 Å². The van der Waals surface area contributed by atoms with Crippen LogP contribution in [0.3, 0.4) is 0 Å². The summed E-state index contributed by atoms with van der Waals surface area (Å²) < 4.78 is 7.28. The van der Waals surface area contributed by atoms with Crippen molar-refractivity contribution < 1.29 is 14.0 Å². The van der Waals surface area contributed by atoms with Gasteiger partial charge < -0.3 is 19.2 Å². The summed E-state index contributed by atoms with van der Waals surface area (Å²) >= 11 is 0. The third-order valence-electron chi connectivity index (χ3n) is 6.86. The van der Waals surface area contributed by atoms with E-state index < -0.39 is 0 Å². The zero-order chi connectivity index (χ0) is 23.8. The number of aromatic nitrogens is 2. The van der Waals surface area contributed by atoms with E-state index in [1.807, 2.05) is 48.5 Å². The minimum atomic E-state index is -0.192.